The van der Waals surface area contributed by atoms with Crippen molar-refractivity contribution in [3.8, 4) is 0 Å². The molecule has 1 fully saturated rings. The fourth-order valence-corrected chi connectivity index (χ4v) is 3.17. The maximum atomic E-state index is 4.87. The van der Waals surface area contributed by atoms with Crippen molar-refractivity contribution in [2.75, 3.05) is 19.6 Å². The van der Waals surface area contributed by atoms with Crippen LogP contribution in [0.2, 0.25) is 0 Å². The lowest BCUT2D eigenvalue weighted by molar-refractivity contribution is 0.370. The molecule has 0 saturated carbocycles. The average molecular weight is 438 g/mol. The first-order valence-corrected chi connectivity index (χ1v) is 8.45. The van der Waals surface area contributed by atoms with Crippen LogP contribution in [-0.4, -0.2) is 35.5 Å². The number of fused-ring (bicyclic) bond motifs is 1. The zero-order chi connectivity index (χ0) is 16.3. The number of rotatable bonds is 3. The second kappa shape index (κ2) is 8.14. The Hall–Kier alpha value is -1.37. The van der Waals surface area contributed by atoms with Crippen molar-refractivity contribution in [3.63, 3.8) is 0 Å². The van der Waals surface area contributed by atoms with Crippen LogP contribution in [0.25, 0.3) is 10.9 Å². The van der Waals surface area contributed by atoms with E-state index < -0.39 is 0 Å². The standard InChI is InChI=1S/C19H26N4.HI/c1-4-20-18(23-12-10-19(2,3)14-23)22-13-16-8-5-7-15-9-6-11-21-17(15)16;/h5-9,11H,4,10,12-14H2,1-3H3,(H,20,22);1H. The van der Waals surface area contributed by atoms with Gasteiger partial charge < -0.3 is 10.2 Å². The summed E-state index contributed by atoms with van der Waals surface area (Å²) >= 11 is 0. The van der Waals surface area contributed by atoms with Gasteiger partial charge in [-0.2, -0.15) is 0 Å². The van der Waals surface area contributed by atoms with E-state index in [1.807, 2.05) is 12.3 Å². The lowest BCUT2D eigenvalue weighted by Crippen LogP contribution is -2.40. The number of hydrogen-bond acceptors (Lipinski definition) is 2. The molecular weight excluding hydrogens is 411 g/mol. The second-order valence-corrected chi connectivity index (χ2v) is 7.00. The van der Waals surface area contributed by atoms with Crippen LogP contribution in [0.3, 0.4) is 0 Å². The number of hydrogen-bond donors (Lipinski definition) is 1. The van der Waals surface area contributed by atoms with Crippen LogP contribution in [0.4, 0.5) is 0 Å². The van der Waals surface area contributed by atoms with Crippen LogP contribution in [0.1, 0.15) is 32.8 Å². The van der Waals surface area contributed by atoms with Crippen LogP contribution in [-0.2, 0) is 6.54 Å². The third kappa shape index (κ3) is 4.37. The Kier molecular flexibility index (Phi) is 6.43. The molecule has 0 amide bonds. The number of likely N-dealkylation sites (tertiary alicyclic amines) is 1. The highest BCUT2D eigenvalue weighted by Crippen LogP contribution is 2.28. The molecule has 1 aliphatic heterocycles. The Morgan fingerprint density at radius 1 is 1.29 bits per heavy atom. The number of benzene rings is 1. The molecule has 0 atom stereocenters. The number of aromatic nitrogens is 1. The number of para-hydroxylation sites is 1. The number of pyridine rings is 1. The van der Waals surface area contributed by atoms with Crippen molar-refractivity contribution in [1.82, 2.24) is 15.2 Å². The number of halogens is 1. The molecule has 0 bridgehead atoms. The quantitative estimate of drug-likeness (QED) is 0.447. The number of aliphatic imine (C=N–C) groups is 1. The molecule has 0 spiro atoms. The predicted molar refractivity (Wildman–Crippen MR) is 112 cm³/mol. The topological polar surface area (TPSA) is 40.5 Å². The minimum atomic E-state index is 0. The summed E-state index contributed by atoms with van der Waals surface area (Å²) < 4.78 is 0. The van der Waals surface area contributed by atoms with Crippen LogP contribution in [0, 0.1) is 5.41 Å². The van der Waals surface area contributed by atoms with Crippen LogP contribution >= 0.6 is 24.0 Å². The van der Waals surface area contributed by atoms with Crippen LogP contribution < -0.4 is 5.32 Å². The Morgan fingerprint density at radius 3 is 2.79 bits per heavy atom. The molecule has 24 heavy (non-hydrogen) atoms. The van der Waals surface area contributed by atoms with E-state index in [-0.39, 0.29) is 24.0 Å². The summed E-state index contributed by atoms with van der Waals surface area (Å²) in [6.07, 6.45) is 3.07. The van der Waals surface area contributed by atoms with Crippen molar-refractivity contribution in [3.05, 3.63) is 42.1 Å². The smallest absolute Gasteiger partial charge is 0.194 e. The molecule has 1 N–H and O–H groups in total. The maximum absolute atomic E-state index is 4.87. The minimum absolute atomic E-state index is 0. The third-order valence-electron chi connectivity index (χ3n) is 4.43. The molecular formula is C19H27IN4. The van der Waals surface area contributed by atoms with Crippen molar-refractivity contribution in [2.45, 2.75) is 33.7 Å². The van der Waals surface area contributed by atoms with E-state index in [1.54, 1.807) is 0 Å². The molecule has 2 aromatic rings. The van der Waals surface area contributed by atoms with Gasteiger partial charge in [-0.05, 0) is 30.4 Å². The molecule has 1 aliphatic rings. The predicted octanol–water partition coefficient (Wildman–Crippen LogP) is 4.05. The minimum Gasteiger partial charge on any atom is -0.357 e. The number of nitrogens with zero attached hydrogens (tertiary/aromatic N) is 3. The van der Waals surface area contributed by atoms with Gasteiger partial charge in [0.15, 0.2) is 5.96 Å². The highest BCUT2D eigenvalue weighted by Gasteiger charge is 2.30. The lowest BCUT2D eigenvalue weighted by Gasteiger charge is -2.23. The fourth-order valence-electron chi connectivity index (χ4n) is 3.17. The molecule has 0 aliphatic carbocycles. The Morgan fingerprint density at radius 2 is 2.08 bits per heavy atom. The number of guanidine groups is 1. The second-order valence-electron chi connectivity index (χ2n) is 7.00. The van der Waals surface area contributed by atoms with Gasteiger partial charge in [-0.25, -0.2) is 4.99 Å². The van der Waals surface area contributed by atoms with E-state index in [1.165, 1.54) is 17.4 Å². The Labute approximate surface area is 161 Å². The van der Waals surface area contributed by atoms with E-state index >= 15 is 0 Å². The van der Waals surface area contributed by atoms with Crippen LogP contribution in [0.15, 0.2) is 41.5 Å². The van der Waals surface area contributed by atoms with E-state index in [4.69, 9.17) is 4.99 Å². The molecule has 1 saturated heterocycles. The van der Waals surface area contributed by atoms with E-state index in [0.717, 1.165) is 31.1 Å². The summed E-state index contributed by atoms with van der Waals surface area (Å²) in [6.45, 7) is 10.5. The van der Waals surface area contributed by atoms with Crippen molar-refractivity contribution < 1.29 is 0 Å². The normalized spacial score (nSPS) is 17.0. The van der Waals surface area contributed by atoms with Gasteiger partial charge in [0.25, 0.3) is 0 Å². The summed E-state index contributed by atoms with van der Waals surface area (Å²) in [5.74, 6) is 1.02. The third-order valence-corrected chi connectivity index (χ3v) is 4.43. The summed E-state index contributed by atoms with van der Waals surface area (Å²) in [5.41, 5.74) is 2.60. The van der Waals surface area contributed by atoms with Gasteiger partial charge in [0.05, 0.1) is 12.1 Å². The van der Waals surface area contributed by atoms with Crippen molar-refractivity contribution >= 4 is 40.8 Å². The van der Waals surface area contributed by atoms with Gasteiger partial charge in [-0.3, -0.25) is 4.98 Å². The Balaban J connectivity index is 0.00000208. The first kappa shape index (κ1) is 19.0. The average Bonchev–Trinajstić information content (AvgIpc) is 2.91. The van der Waals surface area contributed by atoms with Crippen LogP contribution in [0.5, 0.6) is 0 Å². The SMILES string of the molecule is CCNC(=NCc1cccc2cccnc12)N1CCC(C)(C)C1.I. The van der Waals surface area contributed by atoms with Gasteiger partial charge >= 0.3 is 0 Å². The fraction of sp³-hybridized carbons (Fsp3) is 0.474. The zero-order valence-corrected chi connectivity index (χ0v) is 17.1. The molecule has 5 heteroatoms. The van der Waals surface area contributed by atoms with Crippen molar-refractivity contribution in [1.29, 1.82) is 0 Å². The van der Waals surface area contributed by atoms with E-state index in [2.05, 4.69) is 60.2 Å². The largest absolute Gasteiger partial charge is 0.357 e. The molecule has 1 aromatic carbocycles. The number of nitrogens with one attached hydrogen (secondary N) is 1. The molecule has 1 aromatic heterocycles. The highest BCUT2D eigenvalue weighted by molar-refractivity contribution is 14.0. The van der Waals surface area contributed by atoms with E-state index in [0.29, 0.717) is 12.0 Å². The molecule has 130 valence electrons. The van der Waals surface area contributed by atoms with Crippen molar-refractivity contribution in [2.24, 2.45) is 10.4 Å². The van der Waals surface area contributed by atoms with Gasteiger partial charge in [0.1, 0.15) is 0 Å². The first-order valence-electron chi connectivity index (χ1n) is 8.45. The van der Waals surface area contributed by atoms with Gasteiger partial charge in [-0.15, -0.1) is 24.0 Å². The molecule has 3 rings (SSSR count). The molecule has 0 unspecified atom stereocenters. The summed E-state index contributed by atoms with van der Waals surface area (Å²) in [6, 6.07) is 10.4. The van der Waals surface area contributed by atoms with Gasteiger partial charge in [0, 0.05) is 31.2 Å². The zero-order valence-electron chi connectivity index (χ0n) is 14.7. The Bertz CT molecular complexity index is 706. The maximum Gasteiger partial charge on any atom is 0.194 e. The monoisotopic (exact) mass is 438 g/mol. The molecule has 2 heterocycles. The first-order chi connectivity index (χ1) is 11.1. The summed E-state index contributed by atoms with van der Waals surface area (Å²) in [7, 11) is 0. The molecule has 0 radical (unpaired) electrons. The lowest BCUT2D eigenvalue weighted by atomic mass is 9.93. The summed E-state index contributed by atoms with van der Waals surface area (Å²) in [5, 5.41) is 4.61. The van der Waals surface area contributed by atoms with Gasteiger partial charge in [0.2, 0.25) is 0 Å². The summed E-state index contributed by atoms with van der Waals surface area (Å²) in [4.78, 5) is 11.8. The van der Waals surface area contributed by atoms with E-state index in [9.17, 15) is 0 Å². The highest BCUT2D eigenvalue weighted by atomic mass is 127. The van der Waals surface area contributed by atoms with Gasteiger partial charge in [-0.1, -0.05) is 38.1 Å². The molecule has 4 nitrogen and oxygen atoms in total.